The highest BCUT2D eigenvalue weighted by Gasteiger charge is 2.18. The Morgan fingerprint density at radius 2 is 2.17 bits per heavy atom. The fourth-order valence-corrected chi connectivity index (χ4v) is 1.45. The summed E-state index contributed by atoms with van der Waals surface area (Å²) in [5.41, 5.74) is -0.230. The lowest BCUT2D eigenvalue weighted by molar-refractivity contribution is -0.0498. The molecule has 0 unspecified atom stereocenters. The molecule has 0 aromatic heterocycles. The van der Waals surface area contributed by atoms with Gasteiger partial charge in [-0.1, -0.05) is 11.6 Å². The fraction of sp³-hybridized carbons (Fsp3) is 0.273. The molecule has 18 heavy (non-hydrogen) atoms. The number of rotatable bonds is 5. The average Bonchev–Trinajstić information content (AvgIpc) is 2.31. The molecule has 4 nitrogen and oxygen atoms in total. The third-order valence-electron chi connectivity index (χ3n) is 1.94. The van der Waals surface area contributed by atoms with Crippen molar-refractivity contribution >= 4 is 23.9 Å². The van der Waals surface area contributed by atoms with Gasteiger partial charge in [-0.3, -0.25) is 4.79 Å². The Bertz CT molecular complexity index is 463. The Morgan fingerprint density at radius 3 is 2.67 bits per heavy atom. The summed E-state index contributed by atoms with van der Waals surface area (Å²) in [6.45, 7) is -1.37. The van der Waals surface area contributed by atoms with Crippen LogP contribution in [-0.4, -0.2) is 25.5 Å². The number of carbonyl (C=O) groups is 2. The van der Waals surface area contributed by atoms with Gasteiger partial charge in [0.15, 0.2) is 6.29 Å². The molecule has 0 amide bonds. The largest absolute Gasteiger partial charge is 0.462 e. The molecule has 0 saturated carbocycles. The van der Waals surface area contributed by atoms with Crippen LogP contribution in [0.15, 0.2) is 12.1 Å². The molecule has 0 aliphatic heterocycles. The zero-order valence-corrected chi connectivity index (χ0v) is 10.0. The van der Waals surface area contributed by atoms with Gasteiger partial charge >= 0.3 is 12.6 Å². The van der Waals surface area contributed by atoms with Crippen molar-refractivity contribution in [2.75, 3.05) is 6.61 Å². The molecule has 0 atom stereocenters. The molecule has 7 heteroatoms. The van der Waals surface area contributed by atoms with E-state index in [9.17, 15) is 18.4 Å². The van der Waals surface area contributed by atoms with Gasteiger partial charge in [0.05, 0.1) is 17.2 Å². The van der Waals surface area contributed by atoms with Gasteiger partial charge in [0.2, 0.25) is 0 Å². The van der Waals surface area contributed by atoms with Gasteiger partial charge in [-0.25, -0.2) is 4.79 Å². The van der Waals surface area contributed by atoms with Crippen molar-refractivity contribution in [2.45, 2.75) is 13.5 Å². The molecule has 1 rings (SSSR count). The number of hydrogen-bond donors (Lipinski definition) is 0. The predicted octanol–water partition coefficient (Wildman–Crippen LogP) is 2.93. The number of aldehydes is 1. The SMILES string of the molecule is CCOC(=O)c1cc(Cl)c(OC(F)F)cc1C=O. The number of alkyl halides is 2. The molecule has 0 aliphatic rings. The van der Waals surface area contributed by atoms with Crippen LogP contribution in [0.5, 0.6) is 5.75 Å². The molecular weight excluding hydrogens is 270 g/mol. The van der Waals surface area contributed by atoms with Crippen molar-refractivity contribution in [2.24, 2.45) is 0 Å². The Morgan fingerprint density at radius 1 is 1.50 bits per heavy atom. The molecule has 0 fully saturated rings. The van der Waals surface area contributed by atoms with Crippen LogP contribution in [0.1, 0.15) is 27.6 Å². The van der Waals surface area contributed by atoms with Crippen LogP contribution in [0.3, 0.4) is 0 Å². The molecule has 0 spiro atoms. The second kappa shape index (κ2) is 6.30. The van der Waals surface area contributed by atoms with Gasteiger partial charge in [-0.15, -0.1) is 0 Å². The third kappa shape index (κ3) is 3.40. The zero-order valence-electron chi connectivity index (χ0n) is 9.28. The van der Waals surface area contributed by atoms with Crippen LogP contribution in [-0.2, 0) is 4.74 Å². The average molecular weight is 279 g/mol. The zero-order chi connectivity index (χ0) is 13.7. The Labute approximate surface area is 106 Å². The molecule has 1 aromatic carbocycles. The Kier molecular flexibility index (Phi) is 5.03. The van der Waals surface area contributed by atoms with Crippen molar-refractivity contribution in [1.29, 1.82) is 0 Å². The van der Waals surface area contributed by atoms with Crippen molar-refractivity contribution in [1.82, 2.24) is 0 Å². The Hall–Kier alpha value is -1.69. The molecule has 98 valence electrons. The summed E-state index contributed by atoms with van der Waals surface area (Å²) < 4.78 is 32.9. The maximum Gasteiger partial charge on any atom is 0.387 e. The van der Waals surface area contributed by atoms with Gasteiger partial charge in [0.1, 0.15) is 5.75 Å². The molecule has 0 bridgehead atoms. The van der Waals surface area contributed by atoms with E-state index in [0.29, 0.717) is 6.29 Å². The molecule has 0 heterocycles. The first-order valence-electron chi connectivity index (χ1n) is 4.90. The molecular formula is C11H9ClF2O4. The number of halogens is 3. The number of benzene rings is 1. The lowest BCUT2D eigenvalue weighted by atomic mass is 10.1. The van der Waals surface area contributed by atoms with Gasteiger partial charge in [-0.2, -0.15) is 8.78 Å². The highest BCUT2D eigenvalue weighted by atomic mass is 35.5. The summed E-state index contributed by atoms with van der Waals surface area (Å²) in [6, 6.07) is 2.02. The van der Waals surface area contributed by atoms with Crippen molar-refractivity contribution in [3.63, 3.8) is 0 Å². The van der Waals surface area contributed by atoms with E-state index in [-0.39, 0.29) is 28.5 Å². The van der Waals surface area contributed by atoms with Crippen molar-refractivity contribution in [3.8, 4) is 5.75 Å². The number of hydrogen-bond acceptors (Lipinski definition) is 4. The molecule has 0 saturated heterocycles. The van der Waals surface area contributed by atoms with Crippen molar-refractivity contribution < 1.29 is 27.8 Å². The van der Waals surface area contributed by atoms with Crippen LogP contribution < -0.4 is 4.74 Å². The first-order chi connectivity index (χ1) is 8.49. The van der Waals surface area contributed by atoms with E-state index >= 15 is 0 Å². The quantitative estimate of drug-likeness (QED) is 0.614. The van der Waals surface area contributed by atoms with Crippen molar-refractivity contribution in [3.05, 3.63) is 28.3 Å². The maximum atomic E-state index is 12.1. The number of ether oxygens (including phenoxy) is 2. The third-order valence-corrected chi connectivity index (χ3v) is 2.24. The molecule has 0 radical (unpaired) electrons. The standard InChI is InChI=1S/C11H9ClF2O4/c1-2-17-10(16)7-4-8(12)9(18-11(13)14)3-6(7)5-15/h3-5,11H,2H2,1H3. The van der Waals surface area contributed by atoms with Gasteiger partial charge in [0.25, 0.3) is 0 Å². The Balaban J connectivity index is 3.18. The summed E-state index contributed by atoms with van der Waals surface area (Å²) in [6.07, 6.45) is 0.334. The van der Waals surface area contributed by atoms with Crippen LogP contribution in [0.2, 0.25) is 5.02 Å². The summed E-state index contributed by atoms with van der Waals surface area (Å²) >= 11 is 5.66. The molecule has 0 aliphatic carbocycles. The number of esters is 1. The first-order valence-corrected chi connectivity index (χ1v) is 5.28. The predicted molar refractivity (Wildman–Crippen MR) is 59.4 cm³/mol. The fourth-order valence-electron chi connectivity index (χ4n) is 1.24. The summed E-state index contributed by atoms with van der Waals surface area (Å²) in [5.74, 6) is -1.13. The smallest absolute Gasteiger partial charge is 0.387 e. The lowest BCUT2D eigenvalue weighted by Crippen LogP contribution is -2.09. The molecule has 1 aromatic rings. The molecule has 0 N–H and O–H groups in total. The maximum absolute atomic E-state index is 12.1. The van der Waals surface area contributed by atoms with E-state index < -0.39 is 12.6 Å². The van der Waals surface area contributed by atoms with Crippen LogP contribution in [0, 0.1) is 0 Å². The second-order valence-corrected chi connectivity index (χ2v) is 3.49. The normalized spacial score (nSPS) is 10.3. The monoisotopic (exact) mass is 278 g/mol. The minimum atomic E-state index is -3.07. The van der Waals surface area contributed by atoms with E-state index in [1.807, 2.05) is 0 Å². The highest BCUT2D eigenvalue weighted by molar-refractivity contribution is 6.32. The van der Waals surface area contributed by atoms with Gasteiger partial charge in [-0.05, 0) is 19.1 Å². The number of carbonyl (C=O) groups excluding carboxylic acids is 2. The van der Waals surface area contributed by atoms with E-state index in [1.54, 1.807) is 6.92 Å². The topological polar surface area (TPSA) is 52.6 Å². The minimum Gasteiger partial charge on any atom is -0.462 e. The van der Waals surface area contributed by atoms with E-state index in [0.717, 1.165) is 12.1 Å². The van der Waals surface area contributed by atoms with Gasteiger partial charge in [0, 0.05) is 5.56 Å². The summed E-state index contributed by atoms with van der Waals surface area (Å²) in [4.78, 5) is 22.3. The highest BCUT2D eigenvalue weighted by Crippen LogP contribution is 2.29. The summed E-state index contributed by atoms with van der Waals surface area (Å²) in [5, 5.41) is -0.205. The van der Waals surface area contributed by atoms with E-state index in [4.69, 9.17) is 16.3 Å². The summed E-state index contributed by atoms with van der Waals surface area (Å²) in [7, 11) is 0. The van der Waals surface area contributed by atoms with Gasteiger partial charge < -0.3 is 9.47 Å². The lowest BCUT2D eigenvalue weighted by Gasteiger charge is -2.10. The first kappa shape index (κ1) is 14.4. The van der Waals surface area contributed by atoms with Crippen LogP contribution in [0.25, 0.3) is 0 Å². The minimum absolute atomic E-state index is 0.0986. The van der Waals surface area contributed by atoms with Crippen LogP contribution >= 0.6 is 11.6 Å². The van der Waals surface area contributed by atoms with E-state index in [1.165, 1.54) is 0 Å². The second-order valence-electron chi connectivity index (χ2n) is 3.09. The van der Waals surface area contributed by atoms with Crippen LogP contribution in [0.4, 0.5) is 8.78 Å². The van der Waals surface area contributed by atoms with E-state index in [2.05, 4.69) is 4.74 Å².